The molecule has 6 nitrogen and oxygen atoms in total. The Labute approximate surface area is 109 Å². The molecule has 3 rings (SSSR count). The van der Waals surface area contributed by atoms with E-state index in [2.05, 4.69) is 5.10 Å². The summed E-state index contributed by atoms with van der Waals surface area (Å²) in [6.45, 7) is 0.651. The lowest BCUT2D eigenvalue weighted by Gasteiger charge is -2.03. The van der Waals surface area contributed by atoms with E-state index in [9.17, 15) is 10.1 Å². The highest BCUT2D eigenvalue weighted by atomic mass is 16.6. The molecule has 0 unspecified atom stereocenters. The van der Waals surface area contributed by atoms with Crippen LogP contribution in [0.25, 0.3) is 10.9 Å². The summed E-state index contributed by atoms with van der Waals surface area (Å²) in [5, 5.41) is 15.9. The first-order valence-electron chi connectivity index (χ1n) is 5.84. The molecule has 0 bridgehead atoms. The highest BCUT2D eigenvalue weighted by Gasteiger charge is 2.09. The van der Waals surface area contributed by atoms with Gasteiger partial charge in [0, 0.05) is 42.5 Å². The maximum Gasteiger partial charge on any atom is 0.271 e. The first kappa shape index (κ1) is 11.5. The molecular formula is C13H12N4O2. The van der Waals surface area contributed by atoms with E-state index in [1.54, 1.807) is 23.0 Å². The van der Waals surface area contributed by atoms with E-state index in [4.69, 9.17) is 0 Å². The van der Waals surface area contributed by atoms with Crippen molar-refractivity contribution >= 4 is 16.6 Å². The average molecular weight is 256 g/mol. The van der Waals surface area contributed by atoms with Crippen LogP contribution in [0.5, 0.6) is 0 Å². The monoisotopic (exact) mass is 256 g/mol. The highest BCUT2D eigenvalue weighted by Crippen LogP contribution is 2.22. The minimum Gasteiger partial charge on any atom is -0.343 e. The van der Waals surface area contributed by atoms with Crippen LogP contribution in [0.1, 0.15) is 5.56 Å². The number of nitro groups is 1. The zero-order valence-electron chi connectivity index (χ0n) is 10.4. The molecule has 19 heavy (non-hydrogen) atoms. The molecule has 0 saturated carbocycles. The van der Waals surface area contributed by atoms with Gasteiger partial charge < -0.3 is 4.57 Å². The fourth-order valence-electron chi connectivity index (χ4n) is 2.17. The number of aromatic nitrogens is 3. The Morgan fingerprint density at radius 3 is 2.89 bits per heavy atom. The fourth-order valence-corrected chi connectivity index (χ4v) is 2.17. The van der Waals surface area contributed by atoms with Crippen LogP contribution >= 0.6 is 0 Å². The third kappa shape index (κ3) is 2.08. The lowest BCUT2D eigenvalue weighted by Crippen LogP contribution is -1.97. The predicted molar refractivity (Wildman–Crippen MR) is 70.9 cm³/mol. The Morgan fingerprint density at radius 1 is 1.37 bits per heavy atom. The van der Waals surface area contributed by atoms with Crippen molar-refractivity contribution < 1.29 is 4.92 Å². The average Bonchev–Trinajstić information content (AvgIpc) is 2.96. The SMILES string of the molecule is Cn1cc(Cn2ccc3ccc([N+](=O)[O-])cc32)cn1. The Morgan fingerprint density at radius 2 is 2.21 bits per heavy atom. The largest absolute Gasteiger partial charge is 0.343 e. The van der Waals surface area contributed by atoms with Crippen molar-refractivity contribution in [1.29, 1.82) is 0 Å². The van der Waals surface area contributed by atoms with Gasteiger partial charge in [-0.15, -0.1) is 0 Å². The fraction of sp³-hybridized carbons (Fsp3) is 0.154. The van der Waals surface area contributed by atoms with Crippen molar-refractivity contribution in [2.24, 2.45) is 7.05 Å². The molecule has 0 atom stereocenters. The second-order valence-corrected chi connectivity index (χ2v) is 4.47. The van der Waals surface area contributed by atoms with Crippen LogP contribution in [0.3, 0.4) is 0 Å². The molecule has 0 N–H and O–H groups in total. The molecule has 0 radical (unpaired) electrons. The van der Waals surface area contributed by atoms with Crippen molar-refractivity contribution in [3.05, 3.63) is 58.5 Å². The molecule has 96 valence electrons. The zero-order valence-corrected chi connectivity index (χ0v) is 10.4. The van der Waals surface area contributed by atoms with E-state index in [1.165, 1.54) is 6.07 Å². The number of benzene rings is 1. The van der Waals surface area contributed by atoms with Crippen LogP contribution < -0.4 is 0 Å². The number of nitro benzene ring substituents is 1. The molecule has 0 spiro atoms. The first-order chi connectivity index (χ1) is 9.13. The molecule has 1 aromatic carbocycles. The molecule has 0 amide bonds. The van der Waals surface area contributed by atoms with Gasteiger partial charge in [-0.1, -0.05) is 0 Å². The Kier molecular flexibility index (Phi) is 2.56. The summed E-state index contributed by atoms with van der Waals surface area (Å²) in [6, 6.07) is 6.85. The van der Waals surface area contributed by atoms with Crippen LogP contribution in [-0.2, 0) is 13.6 Å². The number of aryl methyl sites for hydroxylation is 1. The van der Waals surface area contributed by atoms with Crippen LogP contribution in [-0.4, -0.2) is 19.3 Å². The molecule has 6 heteroatoms. The Balaban J connectivity index is 2.03. The number of fused-ring (bicyclic) bond motifs is 1. The van der Waals surface area contributed by atoms with Crippen molar-refractivity contribution in [1.82, 2.24) is 14.3 Å². The van der Waals surface area contributed by atoms with E-state index in [1.807, 2.05) is 30.1 Å². The van der Waals surface area contributed by atoms with Gasteiger partial charge in [0.1, 0.15) is 0 Å². The smallest absolute Gasteiger partial charge is 0.271 e. The summed E-state index contributed by atoms with van der Waals surface area (Å²) >= 11 is 0. The molecule has 0 aliphatic carbocycles. The predicted octanol–water partition coefficient (Wildman–Crippen LogP) is 2.33. The van der Waals surface area contributed by atoms with Gasteiger partial charge in [0.25, 0.3) is 5.69 Å². The van der Waals surface area contributed by atoms with E-state index in [-0.39, 0.29) is 10.6 Å². The maximum atomic E-state index is 10.8. The second-order valence-electron chi connectivity index (χ2n) is 4.47. The van der Waals surface area contributed by atoms with Crippen LogP contribution in [0, 0.1) is 10.1 Å². The highest BCUT2D eigenvalue weighted by molar-refractivity contribution is 5.82. The van der Waals surface area contributed by atoms with Gasteiger partial charge in [-0.3, -0.25) is 14.8 Å². The number of hydrogen-bond donors (Lipinski definition) is 0. The van der Waals surface area contributed by atoms with Gasteiger partial charge >= 0.3 is 0 Å². The quantitative estimate of drug-likeness (QED) is 0.533. The summed E-state index contributed by atoms with van der Waals surface area (Å²) in [5.74, 6) is 0. The minimum absolute atomic E-state index is 0.110. The van der Waals surface area contributed by atoms with Crippen LogP contribution in [0.4, 0.5) is 5.69 Å². The van der Waals surface area contributed by atoms with Crippen molar-refractivity contribution in [3.8, 4) is 0 Å². The standard InChI is InChI=1S/C13H12N4O2/c1-15-8-10(7-14-15)9-16-5-4-11-2-3-12(17(18)19)6-13(11)16/h2-8H,9H2,1H3. The van der Waals surface area contributed by atoms with Gasteiger partial charge in [0.2, 0.25) is 0 Å². The van der Waals surface area contributed by atoms with Crippen molar-refractivity contribution in [2.45, 2.75) is 6.54 Å². The molecule has 0 aliphatic rings. The summed E-state index contributed by atoms with van der Waals surface area (Å²) in [7, 11) is 1.86. The van der Waals surface area contributed by atoms with Crippen LogP contribution in [0.2, 0.25) is 0 Å². The third-order valence-corrected chi connectivity index (χ3v) is 3.08. The molecule has 3 aromatic rings. The van der Waals surface area contributed by atoms with E-state index in [0.29, 0.717) is 6.54 Å². The molecule has 0 aliphatic heterocycles. The van der Waals surface area contributed by atoms with Crippen molar-refractivity contribution in [3.63, 3.8) is 0 Å². The second kappa shape index (κ2) is 4.24. The molecule has 0 fully saturated rings. The molecule has 2 heterocycles. The summed E-state index contributed by atoms with van der Waals surface area (Å²) < 4.78 is 3.73. The normalized spacial score (nSPS) is 11.0. The van der Waals surface area contributed by atoms with Gasteiger partial charge in [0.05, 0.1) is 23.2 Å². The topological polar surface area (TPSA) is 65.9 Å². The van der Waals surface area contributed by atoms with Gasteiger partial charge in [-0.25, -0.2) is 0 Å². The minimum atomic E-state index is -0.374. The molecule has 2 aromatic heterocycles. The van der Waals surface area contributed by atoms with E-state index >= 15 is 0 Å². The molecular weight excluding hydrogens is 244 g/mol. The molecule has 0 saturated heterocycles. The zero-order chi connectivity index (χ0) is 13.4. The number of non-ortho nitro benzene ring substituents is 1. The first-order valence-corrected chi connectivity index (χ1v) is 5.84. The number of hydrogen-bond acceptors (Lipinski definition) is 3. The maximum absolute atomic E-state index is 10.8. The lowest BCUT2D eigenvalue weighted by atomic mass is 10.2. The lowest BCUT2D eigenvalue weighted by molar-refractivity contribution is -0.384. The summed E-state index contributed by atoms with van der Waals surface area (Å²) in [5.41, 5.74) is 2.03. The van der Waals surface area contributed by atoms with Gasteiger partial charge in [0.15, 0.2) is 0 Å². The van der Waals surface area contributed by atoms with E-state index < -0.39 is 0 Å². The summed E-state index contributed by atoms with van der Waals surface area (Å²) in [6.07, 6.45) is 5.66. The van der Waals surface area contributed by atoms with Gasteiger partial charge in [-0.05, 0) is 12.1 Å². The number of nitrogens with zero attached hydrogens (tertiary/aromatic N) is 4. The van der Waals surface area contributed by atoms with Gasteiger partial charge in [-0.2, -0.15) is 5.10 Å². The van der Waals surface area contributed by atoms with E-state index in [0.717, 1.165) is 16.5 Å². The Hall–Kier alpha value is -2.63. The Bertz CT molecular complexity index is 757. The van der Waals surface area contributed by atoms with Crippen LogP contribution in [0.15, 0.2) is 42.9 Å². The summed E-state index contributed by atoms with van der Waals surface area (Å²) in [4.78, 5) is 10.4. The van der Waals surface area contributed by atoms with Crippen molar-refractivity contribution in [2.75, 3.05) is 0 Å². The third-order valence-electron chi connectivity index (χ3n) is 3.08. The number of rotatable bonds is 3.